The van der Waals surface area contributed by atoms with E-state index in [1.807, 2.05) is 40.8 Å². The summed E-state index contributed by atoms with van der Waals surface area (Å²) in [5, 5.41) is 0.597. The van der Waals surface area contributed by atoms with Crippen LogP contribution in [0.1, 0.15) is 25.5 Å². The maximum absolute atomic E-state index is 12.2. The first-order valence-electron chi connectivity index (χ1n) is 8.06. The second-order valence-corrected chi connectivity index (χ2v) is 6.04. The molecular formula is C19H19ClN2O2. The monoisotopic (exact) mass is 342 g/mol. The number of imidazole rings is 1. The molecule has 0 saturated carbocycles. The molecule has 0 radical (unpaired) electrons. The van der Waals surface area contributed by atoms with Gasteiger partial charge in [0.25, 0.3) is 0 Å². The Morgan fingerprint density at radius 2 is 2.00 bits per heavy atom. The molecule has 0 amide bonds. The highest BCUT2D eigenvalue weighted by Gasteiger charge is 2.18. The molecule has 0 aliphatic carbocycles. The maximum atomic E-state index is 12.2. The van der Waals surface area contributed by atoms with Crippen molar-refractivity contribution in [2.75, 3.05) is 6.61 Å². The number of ether oxygens (including phenoxy) is 1. The summed E-state index contributed by atoms with van der Waals surface area (Å²) in [5.74, 6) is -0.248. The number of nitrogens with zero attached hydrogens (tertiary/aromatic N) is 2. The van der Waals surface area contributed by atoms with Crippen LogP contribution in [0, 0.1) is 0 Å². The number of hydrogen-bond donors (Lipinski definition) is 0. The molecule has 4 nitrogen and oxygen atoms in total. The van der Waals surface area contributed by atoms with Gasteiger partial charge in [-0.25, -0.2) is 4.98 Å². The molecule has 0 spiro atoms. The van der Waals surface area contributed by atoms with E-state index >= 15 is 0 Å². The van der Waals surface area contributed by atoms with Crippen molar-refractivity contribution in [2.24, 2.45) is 0 Å². The van der Waals surface area contributed by atoms with Crippen molar-refractivity contribution in [3.63, 3.8) is 0 Å². The van der Waals surface area contributed by atoms with E-state index in [0.717, 1.165) is 35.4 Å². The largest absolute Gasteiger partial charge is 0.465 e. The lowest BCUT2D eigenvalue weighted by molar-refractivity contribution is -0.143. The van der Waals surface area contributed by atoms with Crippen molar-refractivity contribution in [1.82, 2.24) is 9.38 Å². The fraction of sp³-hybridized carbons (Fsp3) is 0.263. The van der Waals surface area contributed by atoms with Crippen LogP contribution in [0.3, 0.4) is 0 Å². The fourth-order valence-electron chi connectivity index (χ4n) is 2.58. The third kappa shape index (κ3) is 3.60. The van der Waals surface area contributed by atoms with Crippen LogP contribution in [0.4, 0.5) is 0 Å². The highest BCUT2D eigenvalue weighted by molar-refractivity contribution is 6.30. The summed E-state index contributed by atoms with van der Waals surface area (Å²) in [6.45, 7) is 2.52. The van der Waals surface area contributed by atoms with Gasteiger partial charge >= 0.3 is 5.97 Å². The van der Waals surface area contributed by atoms with E-state index in [1.54, 1.807) is 12.3 Å². The van der Waals surface area contributed by atoms with Gasteiger partial charge in [0, 0.05) is 11.8 Å². The summed E-state index contributed by atoms with van der Waals surface area (Å²) in [5.41, 5.74) is 3.30. The Kier molecular flexibility index (Phi) is 5.16. The van der Waals surface area contributed by atoms with E-state index in [1.165, 1.54) is 0 Å². The molecule has 24 heavy (non-hydrogen) atoms. The second kappa shape index (κ2) is 7.49. The predicted molar refractivity (Wildman–Crippen MR) is 95.2 cm³/mol. The van der Waals surface area contributed by atoms with Gasteiger partial charge in [0.1, 0.15) is 5.65 Å². The molecule has 0 aliphatic rings. The van der Waals surface area contributed by atoms with E-state index in [4.69, 9.17) is 16.3 Å². The number of esters is 1. The number of fused-ring (bicyclic) bond motifs is 1. The van der Waals surface area contributed by atoms with E-state index in [-0.39, 0.29) is 12.4 Å². The summed E-state index contributed by atoms with van der Waals surface area (Å²) in [7, 11) is 0. The number of rotatable bonds is 6. The predicted octanol–water partition coefficient (Wildman–Crippen LogP) is 4.54. The average Bonchev–Trinajstić information content (AvgIpc) is 2.94. The summed E-state index contributed by atoms with van der Waals surface area (Å²) in [6.07, 6.45) is 3.81. The third-order valence-electron chi connectivity index (χ3n) is 3.80. The Morgan fingerprint density at radius 1 is 1.21 bits per heavy atom. The van der Waals surface area contributed by atoms with Crippen molar-refractivity contribution in [3.8, 4) is 11.3 Å². The molecule has 2 aromatic heterocycles. The fourth-order valence-corrected chi connectivity index (χ4v) is 2.74. The normalized spacial score (nSPS) is 10.9. The van der Waals surface area contributed by atoms with E-state index < -0.39 is 0 Å². The Morgan fingerprint density at radius 3 is 2.75 bits per heavy atom. The molecule has 0 aliphatic heterocycles. The quantitative estimate of drug-likeness (QED) is 0.488. The number of carbonyl (C=O) groups is 1. The lowest BCUT2D eigenvalue weighted by Gasteiger charge is -2.07. The van der Waals surface area contributed by atoms with Gasteiger partial charge in [-0.3, -0.25) is 4.79 Å². The highest BCUT2D eigenvalue weighted by atomic mass is 35.5. The molecule has 3 rings (SSSR count). The maximum Gasteiger partial charge on any atom is 0.311 e. The molecule has 3 aromatic rings. The number of hydrogen-bond acceptors (Lipinski definition) is 3. The summed E-state index contributed by atoms with van der Waals surface area (Å²) in [6, 6.07) is 13.5. The lowest BCUT2D eigenvalue weighted by atomic mass is 10.1. The minimum atomic E-state index is -0.248. The van der Waals surface area contributed by atoms with Crippen molar-refractivity contribution in [3.05, 3.63) is 59.4 Å². The molecule has 1 aromatic carbocycles. The van der Waals surface area contributed by atoms with Crippen LogP contribution >= 0.6 is 11.6 Å². The van der Waals surface area contributed by atoms with Crippen molar-refractivity contribution in [1.29, 1.82) is 0 Å². The van der Waals surface area contributed by atoms with Crippen LogP contribution < -0.4 is 0 Å². The zero-order valence-corrected chi connectivity index (χ0v) is 14.3. The van der Waals surface area contributed by atoms with Crippen molar-refractivity contribution < 1.29 is 9.53 Å². The molecule has 5 heteroatoms. The summed E-state index contributed by atoms with van der Waals surface area (Å²) < 4.78 is 7.18. The Bertz CT molecular complexity index is 843. The minimum absolute atomic E-state index is 0.162. The van der Waals surface area contributed by atoms with Gasteiger partial charge < -0.3 is 9.14 Å². The molecule has 2 heterocycles. The zero-order chi connectivity index (χ0) is 16.9. The van der Waals surface area contributed by atoms with Crippen molar-refractivity contribution >= 4 is 23.2 Å². The molecule has 0 unspecified atom stereocenters. The molecule has 0 saturated heterocycles. The van der Waals surface area contributed by atoms with Gasteiger partial charge in [-0.05, 0) is 18.6 Å². The van der Waals surface area contributed by atoms with Gasteiger partial charge in [-0.15, -0.1) is 0 Å². The SMILES string of the molecule is CCCCOC(=O)Cc1c(-c2ccccc2)nc2ccc(Cl)cn12. The summed E-state index contributed by atoms with van der Waals surface area (Å²) in [4.78, 5) is 16.9. The third-order valence-corrected chi connectivity index (χ3v) is 4.02. The number of benzene rings is 1. The molecular weight excluding hydrogens is 324 g/mol. The Balaban J connectivity index is 1.99. The van der Waals surface area contributed by atoms with E-state index in [9.17, 15) is 4.79 Å². The number of aromatic nitrogens is 2. The van der Waals surface area contributed by atoms with Gasteiger partial charge in [-0.2, -0.15) is 0 Å². The number of carbonyl (C=O) groups excluding carboxylic acids is 1. The topological polar surface area (TPSA) is 43.6 Å². The lowest BCUT2D eigenvalue weighted by Crippen LogP contribution is -2.11. The van der Waals surface area contributed by atoms with Gasteiger partial charge in [-0.1, -0.05) is 55.3 Å². The summed E-state index contributed by atoms with van der Waals surface area (Å²) >= 11 is 6.12. The number of pyridine rings is 1. The van der Waals surface area contributed by atoms with E-state index in [0.29, 0.717) is 11.6 Å². The minimum Gasteiger partial charge on any atom is -0.465 e. The first-order chi connectivity index (χ1) is 11.7. The zero-order valence-electron chi connectivity index (χ0n) is 13.5. The van der Waals surface area contributed by atoms with E-state index in [2.05, 4.69) is 11.9 Å². The van der Waals surface area contributed by atoms with Crippen LogP contribution in [-0.4, -0.2) is 22.0 Å². The Hall–Kier alpha value is -2.33. The van der Waals surface area contributed by atoms with Gasteiger partial charge in [0.2, 0.25) is 0 Å². The van der Waals surface area contributed by atoms with Crippen LogP contribution in [-0.2, 0) is 16.0 Å². The smallest absolute Gasteiger partial charge is 0.311 e. The first kappa shape index (κ1) is 16.5. The molecule has 124 valence electrons. The average molecular weight is 343 g/mol. The van der Waals surface area contributed by atoms with Crippen LogP contribution in [0.5, 0.6) is 0 Å². The molecule has 0 N–H and O–H groups in total. The van der Waals surface area contributed by atoms with Crippen LogP contribution in [0.25, 0.3) is 16.9 Å². The molecule has 0 atom stereocenters. The van der Waals surface area contributed by atoms with Gasteiger partial charge in [0.05, 0.1) is 29.4 Å². The Labute approximate surface area is 146 Å². The molecule has 0 fully saturated rings. The highest BCUT2D eigenvalue weighted by Crippen LogP contribution is 2.26. The first-order valence-corrected chi connectivity index (χ1v) is 8.44. The number of halogens is 1. The van der Waals surface area contributed by atoms with Crippen LogP contribution in [0.15, 0.2) is 48.7 Å². The number of unbranched alkanes of at least 4 members (excludes halogenated alkanes) is 1. The second-order valence-electron chi connectivity index (χ2n) is 5.60. The van der Waals surface area contributed by atoms with Crippen LogP contribution in [0.2, 0.25) is 5.02 Å². The standard InChI is InChI=1S/C19H19ClN2O2/c1-2-3-11-24-18(23)12-16-19(14-7-5-4-6-8-14)21-17-10-9-15(20)13-22(16)17/h4-10,13H,2-3,11-12H2,1H3. The van der Waals surface area contributed by atoms with Gasteiger partial charge in [0.15, 0.2) is 0 Å². The van der Waals surface area contributed by atoms with Crippen molar-refractivity contribution in [2.45, 2.75) is 26.2 Å². The molecule has 0 bridgehead atoms.